The van der Waals surface area contributed by atoms with Crippen LogP contribution in [-0.2, 0) is 16.1 Å². The van der Waals surface area contributed by atoms with Gasteiger partial charge < -0.3 is 9.84 Å². The first-order valence-electron chi connectivity index (χ1n) is 6.59. The first-order valence-corrected chi connectivity index (χ1v) is 6.59. The molecule has 1 saturated heterocycles. The van der Waals surface area contributed by atoms with Crippen LogP contribution in [0, 0.1) is 5.41 Å². The molecule has 0 saturated carbocycles. The number of hydrogen-bond acceptors (Lipinski definition) is 4. The standard InChI is InChI=1S/C14H20N2O3/c1-2-16(9-12-3-6-15-7-4-12)10-14(13(17)18)5-8-19-11-14/h3-4,6-7H,2,5,8-11H2,1H3,(H,17,18). The Hall–Kier alpha value is -1.46. The van der Waals surface area contributed by atoms with Crippen LogP contribution in [0.3, 0.4) is 0 Å². The van der Waals surface area contributed by atoms with Gasteiger partial charge in [0.1, 0.15) is 5.41 Å². The van der Waals surface area contributed by atoms with Crippen LogP contribution in [-0.4, -0.2) is 47.3 Å². The van der Waals surface area contributed by atoms with Crippen LogP contribution in [0.4, 0.5) is 0 Å². The molecule has 1 unspecified atom stereocenters. The molecule has 5 nitrogen and oxygen atoms in total. The van der Waals surface area contributed by atoms with Crippen molar-refractivity contribution in [3.8, 4) is 0 Å². The molecule has 104 valence electrons. The van der Waals surface area contributed by atoms with Gasteiger partial charge in [0.2, 0.25) is 0 Å². The lowest BCUT2D eigenvalue weighted by atomic mass is 9.86. The van der Waals surface area contributed by atoms with E-state index in [1.807, 2.05) is 19.1 Å². The zero-order valence-corrected chi connectivity index (χ0v) is 11.2. The third-order valence-corrected chi connectivity index (χ3v) is 3.69. The number of ether oxygens (including phenoxy) is 1. The summed E-state index contributed by atoms with van der Waals surface area (Å²) in [5.41, 5.74) is 0.402. The molecular formula is C14H20N2O3. The monoisotopic (exact) mass is 264 g/mol. The molecule has 1 aromatic heterocycles. The number of carbonyl (C=O) groups is 1. The van der Waals surface area contributed by atoms with E-state index < -0.39 is 11.4 Å². The molecular weight excluding hydrogens is 244 g/mol. The summed E-state index contributed by atoms with van der Waals surface area (Å²) in [5, 5.41) is 9.46. The molecule has 0 amide bonds. The van der Waals surface area contributed by atoms with E-state index >= 15 is 0 Å². The van der Waals surface area contributed by atoms with Crippen molar-refractivity contribution in [3.63, 3.8) is 0 Å². The SMILES string of the molecule is CCN(Cc1ccncc1)CC1(C(=O)O)CCOC1. The summed E-state index contributed by atoms with van der Waals surface area (Å²) in [6.07, 6.45) is 4.11. The maximum Gasteiger partial charge on any atom is 0.313 e. The van der Waals surface area contributed by atoms with Crippen molar-refractivity contribution in [2.24, 2.45) is 5.41 Å². The predicted octanol–water partition coefficient (Wildman–Crippen LogP) is 1.39. The van der Waals surface area contributed by atoms with E-state index in [9.17, 15) is 9.90 Å². The molecule has 0 bridgehead atoms. The van der Waals surface area contributed by atoms with Crippen LogP contribution in [0.1, 0.15) is 18.9 Å². The third-order valence-electron chi connectivity index (χ3n) is 3.69. The van der Waals surface area contributed by atoms with Gasteiger partial charge in [0.15, 0.2) is 0 Å². The Morgan fingerprint density at radius 2 is 2.26 bits per heavy atom. The van der Waals surface area contributed by atoms with E-state index in [1.54, 1.807) is 12.4 Å². The second-order valence-electron chi connectivity index (χ2n) is 5.05. The molecule has 1 aliphatic rings. The van der Waals surface area contributed by atoms with Gasteiger partial charge in [-0.25, -0.2) is 0 Å². The van der Waals surface area contributed by atoms with Crippen LogP contribution in [0.15, 0.2) is 24.5 Å². The van der Waals surface area contributed by atoms with Crippen molar-refractivity contribution in [2.45, 2.75) is 19.9 Å². The number of aromatic nitrogens is 1. The lowest BCUT2D eigenvalue weighted by Gasteiger charge is -2.30. The largest absolute Gasteiger partial charge is 0.481 e. The van der Waals surface area contributed by atoms with E-state index in [-0.39, 0.29) is 0 Å². The van der Waals surface area contributed by atoms with Gasteiger partial charge in [0.05, 0.1) is 6.61 Å². The van der Waals surface area contributed by atoms with E-state index in [4.69, 9.17) is 4.74 Å². The lowest BCUT2D eigenvalue weighted by Crippen LogP contribution is -2.43. The van der Waals surface area contributed by atoms with Gasteiger partial charge in [0.25, 0.3) is 0 Å². The fraction of sp³-hybridized carbons (Fsp3) is 0.571. The van der Waals surface area contributed by atoms with Gasteiger partial charge in [-0.05, 0) is 30.7 Å². The van der Waals surface area contributed by atoms with Crippen molar-refractivity contribution >= 4 is 5.97 Å². The molecule has 19 heavy (non-hydrogen) atoms. The first-order chi connectivity index (χ1) is 9.16. The summed E-state index contributed by atoms with van der Waals surface area (Å²) in [6, 6.07) is 3.92. The molecule has 0 aliphatic carbocycles. The number of aliphatic carboxylic acids is 1. The maximum absolute atomic E-state index is 11.5. The van der Waals surface area contributed by atoms with E-state index in [0.717, 1.165) is 18.7 Å². The minimum absolute atomic E-state index is 0.315. The highest BCUT2D eigenvalue weighted by atomic mass is 16.5. The van der Waals surface area contributed by atoms with E-state index in [1.165, 1.54) is 0 Å². The van der Waals surface area contributed by atoms with Gasteiger partial charge in [-0.15, -0.1) is 0 Å². The Kier molecular flexibility index (Phi) is 4.50. The number of rotatable bonds is 6. The van der Waals surface area contributed by atoms with Crippen molar-refractivity contribution in [3.05, 3.63) is 30.1 Å². The maximum atomic E-state index is 11.5. The molecule has 1 fully saturated rings. The topological polar surface area (TPSA) is 62.7 Å². The fourth-order valence-corrected chi connectivity index (χ4v) is 2.42. The number of carboxylic acid groups (broad SMARTS) is 1. The molecule has 1 aliphatic heterocycles. The molecule has 0 radical (unpaired) electrons. The first kappa shape index (κ1) is 14.0. The zero-order chi connectivity index (χ0) is 13.7. The normalized spacial score (nSPS) is 22.8. The molecule has 2 heterocycles. The lowest BCUT2D eigenvalue weighted by molar-refractivity contribution is -0.150. The third kappa shape index (κ3) is 3.30. The highest BCUT2D eigenvalue weighted by Gasteiger charge is 2.43. The van der Waals surface area contributed by atoms with Gasteiger partial charge in [-0.2, -0.15) is 0 Å². The van der Waals surface area contributed by atoms with Crippen LogP contribution in [0.5, 0.6) is 0 Å². The molecule has 1 N–H and O–H groups in total. The molecule has 0 spiro atoms. The molecule has 2 rings (SSSR count). The van der Waals surface area contributed by atoms with Crippen molar-refractivity contribution < 1.29 is 14.6 Å². The van der Waals surface area contributed by atoms with Crippen LogP contribution in [0.25, 0.3) is 0 Å². The Morgan fingerprint density at radius 3 is 2.79 bits per heavy atom. The Morgan fingerprint density at radius 1 is 1.53 bits per heavy atom. The average Bonchev–Trinajstić information content (AvgIpc) is 2.89. The Labute approximate surface area is 113 Å². The second kappa shape index (κ2) is 6.12. The second-order valence-corrected chi connectivity index (χ2v) is 5.05. The quantitative estimate of drug-likeness (QED) is 0.841. The van der Waals surface area contributed by atoms with Gasteiger partial charge in [0, 0.05) is 32.1 Å². The Balaban J connectivity index is 2.04. The molecule has 1 atom stereocenters. The van der Waals surface area contributed by atoms with Crippen molar-refractivity contribution in [2.75, 3.05) is 26.3 Å². The number of pyridine rings is 1. The fourth-order valence-electron chi connectivity index (χ4n) is 2.42. The minimum Gasteiger partial charge on any atom is -0.481 e. The van der Waals surface area contributed by atoms with Gasteiger partial charge in [-0.1, -0.05) is 6.92 Å². The smallest absolute Gasteiger partial charge is 0.313 e. The molecule has 0 aromatic carbocycles. The van der Waals surface area contributed by atoms with Gasteiger partial charge in [-0.3, -0.25) is 14.7 Å². The average molecular weight is 264 g/mol. The number of nitrogens with zero attached hydrogens (tertiary/aromatic N) is 2. The van der Waals surface area contributed by atoms with Crippen molar-refractivity contribution in [1.82, 2.24) is 9.88 Å². The van der Waals surface area contributed by atoms with Crippen molar-refractivity contribution in [1.29, 1.82) is 0 Å². The highest BCUT2D eigenvalue weighted by molar-refractivity contribution is 5.75. The summed E-state index contributed by atoms with van der Waals surface area (Å²) < 4.78 is 5.30. The summed E-state index contributed by atoms with van der Waals surface area (Å²) in [6.45, 7) is 4.99. The predicted molar refractivity (Wildman–Crippen MR) is 70.7 cm³/mol. The number of hydrogen-bond donors (Lipinski definition) is 1. The minimum atomic E-state index is -0.752. The summed E-state index contributed by atoms with van der Waals surface area (Å²) in [7, 11) is 0. The van der Waals surface area contributed by atoms with Crippen LogP contribution < -0.4 is 0 Å². The molecule has 5 heteroatoms. The van der Waals surface area contributed by atoms with Crippen LogP contribution >= 0.6 is 0 Å². The zero-order valence-electron chi connectivity index (χ0n) is 11.2. The Bertz CT molecular complexity index is 416. The van der Waals surface area contributed by atoms with Gasteiger partial charge >= 0.3 is 5.97 Å². The summed E-state index contributed by atoms with van der Waals surface area (Å²) in [5.74, 6) is -0.752. The van der Waals surface area contributed by atoms with E-state index in [2.05, 4.69) is 9.88 Å². The molecule has 1 aromatic rings. The van der Waals surface area contributed by atoms with E-state index in [0.29, 0.717) is 26.2 Å². The highest BCUT2D eigenvalue weighted by Crippen LogP contribution is 2.30. The summed E-state index contributed by atoms with van der Waals surface area (Å²) >= 11 is 0. The summed E-state index contributed by atoms with van der Waals surface area (Å²) in [4.78, 5) is 17.7. The van der Waals surface area contributed by atoms with Crippen LogP contribution in [0.2, 0.25) is 0 Å². The number of carboxylic acids is 1.